The Labute approximate surface area is 591 Å². The lowest BCUT2D eigenvalue weighted by Gasteiger charge is -2.42. The van der Waals surface area contributed by atoms with Crippen LogP contribution in [0.1, 0.15) is 155 Å². The molecular formula is C70H106ClF3N12O14. The molecule has 5 rings (SSSR count). The maximum atomic E-state index is 15.5. The summed E-state index contributed by atoms with van der Waals surface area (Å²) in [4.78, 5) is 201. The second kappa shape index (κ2) is 37.2. The van der Waals surface area contributed by atoms with Crippen LogP contribution < -0.4 is 16.0 Å². The van der Waals surface area contributed by atoms with Crippen molar-refractivity contribution in [3.05, 3.63) is 47.0 Å². The lowest BCUT2D eigenvalue weighted by molar-refractivity contribution is -0.156. The third-order valence-corrected chi connectivity index (χ3v) is 20.7. The van der Waals surface area contributed by atoms with Gasteiger partial charge in [0.2, 0.25) is 70.9 Å². The van der Waals surface area contributed by atoms with Crippen molar-refractivity contribution in [2.75, 3.05) is 95.7 Å². The molecule has 30 heteroatoms. The second-order valence-electron chi connectivity index (χ2n) is 28.0. The van der Waals surface area contributed by atoms with E-state index in [1.165, 1.54) is 79.2 Å². The SMILES string of the molecule is C=CCOC(=O)C[C@H]1C(=O)NC2(CCCC2)C(=O)N(C)[C@@H](C(C)C)C(=O)N(C)[C@H](C(=O)N2CCCCC2)CC(=O)N(C)[C@@H](C)C(=O)N[C@@H]([C@@H](C)CC)C(=O)N(C)CC(=O)N(C)CC(=O)N(C)[C@@H](CC2CCCCC2)C(=O)N(C)CC(=O)N[C@@H](CCc2ccc(C(F)(F)F)c(Cl)c2)C(=O)N1C. The smallest absolute Gasteiger partial charge is 0.417 e. The summed E-state index contributed by atoms with van der Waals surface area (Å²) in [5.74, 6) is -11.4. The Morgan fingerprint density at radius 2 is 1.29 bits per heavy atom. The van der Waals surface area contributed by atoms with Gasteiger partial charge < -0.3 is 64.8 Å². The van der Waals surface area contributed by atoms with E-state index in [0.29, 0.717) is 45.2 Å². The van der Waals surface area contributed by atoms with E-state index in [-0.39, 0.29) is 50.2 Å². The van der Waals surface area contributed by atoms with Gasteiger partial charge in [-0.2, -0.15) is 13.2 Å². The number of hydrogen-bond donors (Lipinski definition) is 3. The van der Waals surface area contributed by atoms with Crippen LogP contribution in [0.25, 0.3) is 0 Å². The molecule has 2 aliphatic heterocycles. The van der Waals surface area contributed by atoms with Crippen molar-refractivity contribution in [1.29, 1.82) is 0 Å². The minimum Gasteiger partial charge on any atom is -0.461 e. The summed E-state index contributed by atoms with van der Waals surface area (Å²) in [7, 11) is 10.6. The molecule has 0 unspecified atom stereocenters. The van der Waals surface area contributed by atoms with Gasteiger partial charge in [0.05, 0.1) is 43.1 Å². The number of aryl methyl sites for hydroxylation is 1. The zero-order chi connectivity index (χ0) is 74.8. The van der Waals surface area contributed by atoms with Gasteiger partial charge in [-0.15, -0.1) is 0 Å². The summed E-state index contributed by atoms with van der Waals surface area (Å²) in [6.07, 6.45) is 2.06. The van der Waals surface area contributed by atoms with Crippen LogP contribution in [0.5, 0.6) is 0 Å². The first-order valence-corrected chi connectivity index (χ1v) is 35.2. The third kappa shape index (κ3) is 21.6. The van der Waals surface area contributed by atoms with Gasteiger partial charge in [0.1, 0.15) is 54.4 Å². The molecule has 2 heterocycles. The van der Waals surface area contributed by atoms with Crippen LogP contribution in [-0.2, 0) is 79.7 Å². The normalized spacial score (nSPS) is 25.2. The first-order valence-electron chi connectivity index (χ1n) is 34.8. The first-order chi connectivity index (χ1) is 46.9. The van der Waals surface area contributed by atoms with Crippen molar-refractivity contribution in [2.24, 2.45) is 17.8 Å². The van der Waals surface area contributed by atoms with Gasteiger partial charge >= 0.3 is 12.1 Å². The topological polar surface area (TPSA) is 296 Å². The Morgan fingerprint density at radius 3 is 1.87 bits per heavy atom. The van der Waals surface area contributed by atoms with Gasteiger partial charge in [-0.05, 0) is 93.7 Å². The summed E-state index contributed by atoms with van der Waals surface area (Å²) in [6, 6.07) is -7.01. The Balaban J connectivity index is 1.65. The number of nitrogens with one attached hydrogen (secondary N) is 3. The van der Waals surface area contributed by atoms with E-state index >= 15 is 19.2 Å². The number of benzene rings is 1. The van der Waals surface area contributed by atoms with Crippen LogP contribution in [0.15, 0.2) is 30.9 Å². The standard InChI is InChI=1S/C70H106ClF3N12O14/c1-15-35-100-58(91)39-51-62(93)77-69(31-21-22-32-69)68(99)85(14)60(43(3)4)67(98)84(13)53(65(96)86-33-23-18-24-34-86)38-55(88)81(10)45(6)61(92)76-59(44(5)16-2)66(97)80(9)41-56(89)78(7)42-57(90)82(11)52(37-46-25-19-17-20-26-46)64(95)79(8)40-54(87)75-50(63(94)83(51)12)30-28-47-27-29-48(49(71)36-47)70(72,73)74/h15,27,29,36,43-46,50-53,59-60H,1,16-26,28,30-35,37-42H2,2-14H3,(H,75,87)(H,76,92)(H,77,93)/t44-,45-,50-,51-,52-,53-,59-,60-/m0/s1. The van der Waals surface area contributed by atoms with Gasteiger partial charge in [-0.1, -0.05) is 109 Å². The third-order valence-electron chi connectivity index (χ3n) is 20.4. The fourth-order valence-electron chi connectivity index (χ4n) is 13.6. The number of likely N-dealkylation sites (N-methyl/N-ethyl adjacent to an activating group) is 8. The Kier molecular flexibility index (Phi) is 30.8. The number of carbonyl (C=O) groups is 13. The van der Waals surface area contributed by atoms with Crippen molar-refractivity contribution in [3.63, 3.8) is 0 Å². The average molecular weight is 1430 g/mol. The molecule has 0 aromatic heterocycles. The predicted octanol–water partition coefficient (Wildman–Crippen LogP) is 4.43. The van der Waals surface area contributed by atoms with Crippen LogP contribution in [0.4, 0.5) is 13.2 Å². The summed E-state index contributed by atoms with van der Waals surface area (Å²) in [5, 5.41) is 7.62. The summed E-state index contributed by atoms with van der Waals surface area (Å²) < 4.78 is 47.0. The number of carbonyl (C=O) groups excluding carboxylic acids is 13. The van der Waals surface area contributed by atoms with E-state index in [1.807, 2.05) is 0 Å². The highest BCUT2D eigenvalue weighted by Crippen LogP contribution is 2.37. The van der Waals surface area contributed by atoms with E-state index in [1.54, 1.807) is 32.6 Å². The molecule has 2 saturated carbocycles. The number of alkyl halides is 3. The van der Waals surface area contributed by atoms with Crippen molar-refractivity contribution in [2.45, 2.75) is 204 Å². The molecule has 2 saturated heterocycles. The molecule has 4 aliphatic rings. The average Bonchev–Trinajstić information content (AvgIpc) is 0.993. The molecule has 1 spiro atoms. The number of hydrogen-bond acceptors (Lipinski definition) is 14. The van der Waals surface area contributed by atoms with Crippen molar-refractivity contribution in [3.8, 4) is 0 Å². The largest absolute Gasteiger partial charge is 0.461 e. The van der Waals surface area contributed by atoms with E-state index in [4.69, 9.17) is 16.3 Å². The van der Waals surface area contributed by atoms with Crippen LogP contribution in [0.2, 0.25) is 5.02 Å². The number of esters is 1. The summed E-state index contributed by atoms with van der Waals surface area (Å²) in [5.41, 5.74) is -2.72. The second-order valence-corrected chi connectivity index (χ2v) is 28.4. The van der Waals surface area contributed by atoms with E-state index < -0.39 is 186 Å². The number of likely N-dealkylation sites (tertiary alicyclic amines) is 1. The molecule has 1 aromatic carbocycles. The minimum absolute atomic E-state index is 0.0104. The van der Waals surface area contributed by atoms with Gasteiger partial charge in [0.25, 0.3) is 0 Å². The lowest BCUT2D eigenvalue weighted by atomic mass is 9.84. The van der Waals surface area contributed by atoms with Crippen molar-refractivity contribution in [1.82, 2.24) is 60.0 Å². The number of rotatable bonds is 13. The van der Waals surface area contributed by atoms with E-state index in [2.05, 4.69) is 22.5 Å². The summed E-state index contributed by atoms with van der Waals surface area (Å²) >= 11 is 6.13. The maximum absolute atomic E-state index is 15.5. The molecule has 2 aliphatic carbocycles. The Morgan fingerprint density at radius 1 is 0.690 bits per heavy atom. The fourth-order valence-corrected chi connectivity index (χ4v) is 13.9. The number of nitrogens with zero attached hydrogens (tertiary/aromatic N) is 9. The molecule has 0 radical (unpaired) electrons. The van der Waals surface area contributed by atoms with Crippen LogP contribution >= 0.6 is 11.6 Å². The monoisotopic (exact) mass is 1430 g/mol. The Hall–Kier alpha value is -7.85. The quantitative estimate of drug-likeness (QED) is 0.182. The van der Waals surface area contributed by atoms with Crippen LogP contribution in [0.3, 0.4) is 0 Å². The molecule has 1 aromatic rings. The molecule has 12 amide bonds. The number of halogens is 4. The first kappa shape index (κ1) is 82.8. The molecule has 0 bridgehead atoms. The highest BCUT2D eigenvalue weighted by atomic mass is 35.5. The zero-order valence-electron chi connectivity index (χ0n) is 60.5. The predicted molar refractivity (Wildman–Crippen MR) is 366 cm³/mol. The van der Waals surface area contributed by atoms with Crippen molar-refractivity contribution < 1.29 is 80.2 Å². The molecular weight excluding hydrogens is 1330 g/mol. The van der Waals surface area contributed by atoms with Gasteiger partial charge in [0.15, 0.2) is 0 Å². The van der Waals surface area contributed by atoms with Crippen molar-refractivity contribution >= 4 is 88.5 Å². The molecule has 26 nitrogen and oxygen atoms in total. The molecule has 558 valence electrons. The molecule has 3 N–H and O–H groups in total. The van der Waals surface area contributed by atoms with Crippen LogP contribution in [0, 0.1) is 17.8 Å². The van der Waals surface area contributed by atoms with E-state index in [9.17, 15) is 56.3 Å². The minimum atomic E-state index is -4.81. The zero-order valence-corrected chi connectivity index (χ0v) is 61.3. The highest BCUT2D eigenvalue weighted by Gasteiger charge is 2.50. The molecule has 8 atom stereocenters. The van der Waals surface area contributed by atoms with E-state index in [0.717, 1.165) is 86.1 Å². The number of ether oxygens (including phenoxy) is 1. The van der Waals surface area contributed by atoms with Gasteiger partial charge in [0, 0.05) is 69.5 Å². The van der Waals surface area contributed by atoms with Gasteiger partial charge in [-0.3, -0.25) is 62.3 Å². The number of piperidine rings is 1. The van der Waals surface area contributed by atoms with Crippen LogP contribution in [-0.4, -0.2) is 264 Å². The fraction of sp³-hybridized carbons (Fsp3) is 0.700. The maximum Gasteiger partial charge on any atom is 0.417 e. The highest BCUT2D eigenvalue weighted by molar-refractivity contribution is 6.31. The molecule has 4 fully saturated rings. The summed E-state index contributed by atoms with van der Waals surface area (Å²) in [6.45, 7) is 10.4. The number of amides is 12. The lowest BCUT2D eigenvalue weighted by Crippen LogP contribution is -2.65. The Bertz CT molecular complexity index is 3140. The molecule has 100 heavy (non-hydrogen) atoms. The van der Waals surface area contributed by atoms with Gasteiger partial charge in [-0.25, -0.2) is 0 Å².